The van der Waals surface area contributed by atoms with Gasteiger partial charge < -0.3 is 20.4 Å². The number of nitrogens with one attached hydrogen (secondary N) is 2. The largest absolute Gasteiger partial charge is 0.354 e. The van der Waals surface area contributed by atoms with Crippen molar-refractivity contribution in [3.05, 3.63) is 24.4 Å². The van der Waals surface area contributed by atoms with Gasteiger partial charge in [0.1, 0.15) is 5.82 Å². The number of carbonyl (C=O) groups is 2. The summed E-state index contributed by atoms with van der Waals surface area (Å²) in [7, 11) is 0. The van der Waals surface area contributed by atoms with E-state index < -0.39 is 0 Å². The van der Waals surface area contributed by atoms with Crippen LogP contribution in [0.1, 0.15) is 19.3 Å². The molecule has 25 heavy (non-hydrogen) atoms. The maximum Gasteiger partial charge on any atom is 0.233 e. The van der Waals surface area contributed by atoms with Crippen LogP contribution in [0.2, 0.25) is 0 Å². The van der Waals surface area contributed by atoms with Gasteiger partial charge in [-0.05, 0) is 37.4 Å². The first kappa shape index (κ1) is 17.7. The normalized spacial score (nSPS) is 17.4. The Bertz CT molecular complexity index is 568. The summed E-state index contributed by atoms with van der Waals surface area (Å²) in [6.45, 7) is 4.66. The van der Waals surface area contributed by atoms with Crippen molar-refractivity contribution in [2.75, 3.05) is 50.7 Å². The van der Waals surface area contributed by atoms with Crippen molar-refractivity contribution in [3.8, 4) is 0 Å². The third-order valence-corrected chi connectivity index (χ3v) is 4.68. The molecule has 0 bridgehead atoms. The van der Waals surface area contributed by atoms with E-state index in [0.717, 1.165) is 31.4 Å². The number of anilines is 1. The lowest BCUT2D eigenvalue weighted by Gasteiger charge is -2.35. The summed E-state index contributed by atoms with van der Waals surface area (Å²) in [6, 6.07) is 5.87. The number of pyridine rings is 1. The van der Waals surface area contributed by atoms with Gasteiger partial charge in [-0.25, -0.2) is 4.98 Å². The summed E-state index contributed by atoms with van der Waals surface area (Å²) < 4.78 is 0. The van der Waals surface area contributed by atoms with Crippen LogP contribution < -0.4 is 15.5 Å². The van der Waals surface area contributed by atoms with Gasteiger partial charge in [-0.2, -0.15) is 0 Å². The van der Waals surface area contributed by atoms with E-state index in [2.05, 4.69) is 20.5 Å². The van der Waals surface area contributed by atoms with Crippen LogP contribution in [0.4, 0.5) is 5.82 Å². The van der Waals surface area contributed by atoms with Crippen molar-refractivity contribution in [2.24, 2.45) is 5.92 Å². The number of carbonyl (C=O) groups excluding carboxylic acids is 2. The fraction of sp³-hybridized carbons (Fsp3) is 0.611. The number of amides is 2. The van der Waals surface area contributed by atoms with Crippen molar-refractivity contribution in [1.29, 1.82) is 0 Å². The quantitative estimate of drug-likeness (QED) is 0.706. The maximum absolute atomic E-state index is 12.3. The fourth-order valence-electron chi connectivity index (χ4n) is 2.97. The molecule has 2 amide bonds. The minimum absolute atomic E-state index is 0.0339. The molecule has 2 heterocycles. The second-order valence-electron chi connectivity index (χ2n) is 6.73. The molecule has 136 valence electrons. The zero-order valence-corrected chi connectivity index (χ0v) is 14.6. The summed E-state index contributed by atoms with van der Waals surface area (Å²) >= 11 is 0. The van der Waals surface area contributed by atoms with E-state index in [1.54, 1.807) is 6.20 Å². The van der Waals surface area contributed by atoms with Crippen LogP contribution >= 0.6 is 0 Å². The summed E-state index contributed by atoms with van der Waals surface area (Å²) in [5, 5.41) is 5.96. The Hall–Kier alpha value is -2.15. The van der Waals surface area contributed by atoms with Crippen LogP contribution in [0.5, 0.6) is 0 Å². The Morgan fingerprint density at radius 3 is 2.64 bits per heavy atom. The summed E-state index contributed by atoms with van der Waals surface area (Å²) in [5.41, 5.74) is 0. The van der Waals surface area contributed by atoms with Crippen molar-refractivity contribution in [3.63, 3.8) is 0 Å². The van der Waals surface area contributed by atoms with Crippen LogP contribution in [0.15, 0.2) is 24.4 Å². The molecule has 2 aliphatic rings. The van der Waals surface area contributed by atoms with Gasteiger partial charge in [0.2, 0.25) is 11.8 Å². The van der Waals surface area contributed by atoms with E-state index >= 15 is 0 Å². The SMILES string of the molecule is O=C(CNCC1CC1)NCCC(=O)N1CCN(c2ccccn2)CC1. The molecule has 1 saturated heterocycles. The van der Waals surface area contributed by atoms with Crippen molar-refractivity contribution < 1.29 is 9.59 Å². The Labute approximate surface area is 148 Å². The van der Waals surface area contributed by atoms with E-state index in [1.165, 1.54) is 12.8 Å². The molecule has 1 aromatic heterocycles. The molecule has 0 radical (unpaired) electrons. The van der Waals surface area contributed by atoms with Crippen LogP contribution in [0.25, 0.3) is 0 Å². The standard InChI is InChI=1S/C18H27N5O2/c24-17(14-19-13-15-4-5-15)21-8-6-18(25)23-11-9-22(10-12-23)16-3-1-2-7-20-16/h1-3,7,15,19H,4-6,8-14H2,(H,21,24). The van der Waals surface area contributed by atoms with E-state index in [-0.39, 0.29) is 11.8 Å². The van der Waals surface area contributed by atoms with Gasteiger partial charge >= 0.3 is 0 Å². The lowest BCUT2D eigenvalue weighted by Crippen LogP contribution is -2.49. The van der Waals surface area contributed by atoms with Crippen LogP contribution in [0, 0.1) is 5.92 Å². The summed E-state index contributed by atoms with van der Waals surface area (Å²) in [6.07, 6.45) is 4.69. The Morgan fingerprint density at radius 2 is 1.96 bits per heavy atom. The van der Waals surface area contributed by atoms with Crippen molar-refractivity contribution in [1.82, 2.24) is 20.5 Å². The second kappa shape index (κ2) is 8.80. The minimum Gasteiger partial charge on any atom is -0.354 e. The Morgan fingerprint density at radius 1 is 1.16 bits per heavy atom. The summed E-state index contributed by atoms with van der Waals surface area (Å²) in [5.74, 6) is 1.79. The number of piperazine rings is 1. The topological polar surface area (TPSA) is 77.6 Å². The van der Waals surface area contributed by atoms with Gasteiger partial charge in [-0.15, -0.1) is 0 Å². The van der Waals surface area contributed by atoms with Gasteiger partial charge in [0.05, 0.1) is 6.54 Å². The van der Waals surface area contributed by atoms with Crippen molar-refractivity contribution >= 4 is 17.6 Å². The van der Waals surface area contributed by atoms with Gasteiger partial charge in [-0.1, -0.05) is 6.07 Å². The molecule has 0 spiro atoms. The monoisotopic (exact) mass is 345 g/mol. The number of hydrogen-bond donors (Lipinski definition) is 2. The molecule has 0 aromatic carbocycles. The van der Waals surface area contributed by atoms with Gasteiger partial charge in [0.25, 0.3) is 0 Å². The number of nitrogens with zero attached hydrogens (tertiary/aromatic N) is 3. The average Bonchev–Trinajstić information content (AvgIpc) is 3.47. The molecule has 1 aliphatic carbocycles. The fourth-order valence-corrected chi connectivity index (χ4v) is 2.97. The molecule has 3 rings (SSSR count). The second-order valence-corrected chi connectivity index (χ2v) is 6.73. The molecule has 1 saturated carbocycles. The first-order valence-electron chi connectivity index (χ1n) is 9.13. The average molecular weight is 345 g/mol. The molecule has 2 fully saturated rings. The van der Waals surface area contributed by atoms with E-state index in [0.29, 0.717) is 32.6 Å². The van der Waals surface area contributed by atoms with Gasteiger partial charge in [-0.3, -0.25) is 9.59 Å². The number of rotatable bonds is 8. The molecular weight excluding hydrogens is 318 g/mol. The maximum atomic E-state index is 12.3. The Balaban J connectivity index is 1.29. The number of hydrogen-bond acceptors (Lipinski definition) is 5. The van der Waals surface area contributed by atoms with Crippen LogP contribution in [-0.4, -0.2) is 67.5 Å². The third-order valence-electron chi connectivity index (χ3n) is 4.68. The molecular formula is C18H27N5O2. The zero-order chi connectivity index (χ0) is 17.5. The predicted molar refractivity (Wildman–Crippen MR) is 96.3 cm³/mol. The molecule has 0 unspecified atom stereocenters. The lowest BCUT2D eigenvalue weighted by molar-refractivity contribution is -0.131. The highest BCUT2D eigenvalue weighted by Crippen LogP contribution is 2.27. The molecule has 1 aliphatic heterocycles. The van der Waals surface area contributed by atoms with Crippen LogP contribution in [-0.2, 0) is 9.59 Å². The molecule has 7 nitrogen and oxygen atoms in total. The Kier molecular flexibility index (Phi) is 6.22. The highest BCUT2D eigenvalue weighted by molar-refractivity contribution is 5.80. The van der Waals surface area contributed by atoms with Crippen LogP contribution in [0.3, 0.4) is 0 Å². The third kappa shape index (κ3) is 5.70. The first-order valence-corrected chi connectivity index (χ1v) is 9.13. The van der Waals surface area contributed by atoms with E-state index in [4.69, 9.17) is 0 Å². The molecule has 2 N–H and O–H groups in total. The number of aromatic nitrogens is 1. The van der Waals surface area contributed by atoms with E-state index in [9.17, 15) is 9.59 Å². The minimum atomic E-state index is -0.0339. The highest BCUT2D eigenvalue weighted by atomic mass is 16.2. The lowest BCUT2D eigenvalue weighted by atomic mass is 10.2. The zero-order valence-electron chi connectivity index (χ0n) is 14.6. The van der Waals surface area contributed by atoms with E-state index in [1.807, 2.05) is 23.1 Å². The first-order chi connectivity index (χ1) is 12.2. The highest BCUT2D eigenvalue weighted by Gasteiger charge is 2.22. The smallest absolute Gasteiger partial charge is 0.233 e. The van der Waals surface area contributed by atoms with Gasteiger partial charge in [0.15, 0.2) is 0 Å². The summed E-state index contributed by atoms with van der Waals surface area (Å²) in [4.78, 5) is 32.4. The van der Waals surface area contributed by atoms with Gasteiger partial charge in [0, 0.05) is 45.3 Å². The van der Waals surface area contributed by atoms with Crippen molar-refractivity contribution in [2.45, 2.75) is 19.3 Å². The molecule has 7 heteroatoms. The molecule has 1 aromatic rings. The molecule has 0 atom stereocenters. The predicted octanol–water partition coefficient (Wildman–Crippen LogP) is 0.236.